The lowest BCUT2D eigenvalue weighted by atomic mass is 10.2. The Hall–Kier alpha value is -1.88. The second kappa shape index (κ2) is 5.48. The molecule has 1 unspecified atom stereocenters. The molecule has 110 valence electrons. The molecule has 3 aromatic rings. The van der Waals surface area contributed by atoms with Gasteiger partial charge in [-0.25, -0.2) is 9.37 Å². The number of aromatic nitrogens is 4. The first-order valence-corrected chi connectivity index (χ1v) is 7.27. The highest BCUT2D eigenvalue weighted by atomic mass is 35.5. The van der Waals surface area contributed by atoms with Crippen LogP contribution in [-0.4, -0.2) is 19.3 Å². The summed E-state index contributed by atoms with van der Waals surface area (Å²) in [4.78, 5) is 4.37. The molecule has 0 bridgehead atoms. The Labute approximate surface area is 127 Å². The van der Waals surface area contributed by atoms with Gasteiger partial charge in [0, 0.05) is 31.9 Å². The highest BCUT2D eigenvalue weighted by molar-refractivity contribution is 6.20. The lowest BCUT2D eigenvalue weighted by Gasteiger charge is -2.10. The molecule has 0 radical (unpaired) electrons. The van der Waals surface area contributed by atoms with Crippen molar-refractivity contribution in [3.63, 3.8) is 0 Å². The highest BCUT2D eigenvalue weighted by Crippen LogP contribution is 2.26. The third-order valence-electron chi connectivity index (χ3n) is 3.63. The Morgan fingerprint density at radius 2 is 2.14 bits per heavy atom. The van der Waals surface area contributed by atoms with E-state index in [1.807, 2.05) is 35.4 Å². The van der Waals surface area contributed by atoms with Crippen LogP contribution in [0.1, 0.15) is 23.8 Å². The topological polar surface area (TPSA) is 35.6 Å². The second-order valence-electron chi connectivity index (χ2n) is 5.04. The van der Waals surface area contributed by atoms with Gasteiger partial charge in [0.15, 0.2) is 5.82 Å². The van der Waals surface area contributed by atoms with Gasteiger partial charge < -0.3 is 4.57 Å². The third-order valence-corrected chi connectivity index (χ3v) is 3.82. The van der Waals surface area contributed by atoms with Crippen molar-refractivity contribution in [1.82, 2.24) is 19.3 Å². The zero-order valence-corrected chi connectivity index (χ0v) is 12.7. The largest absolute Gasteiger partial charge is 0.326 e. The number of para-hydroxylation sites is 1. The van der Waals surface area contributed by atoms with E-state index < -0.39 is 0 Å². The molecule has 0 fully saturated rings. The molecule has 0 saturated carbocycles. The lowest BCUT2D eigenvalue weighted by molar-refractivity contribution is 0.624. The first-order valence-electron chi connectivity index (χ1n) is 6.83. The van der Waals surface area contributed by atoms with Crippen molar-refractivity contribution in [3.8, 4) is 0 Å². The number of hydrogen-bond donors (Lipinski definition) is 0. The van der Waals surface area contributed by atoms with Gasteiger partial charge in [-0.3, -0.25) is 4.68 Å². The van der Waals surface area contributed by atoms with Gasteiger partial charge in [0.2, 0.25) is 0 Å². The molecule has 2 heterocycles. The molecule has 6 heteroatoms. The van der Waals surface area contributed by atoms with E-state index in [1.165, 1.54) is 6.07 Å². The maximum Gasteiger partial charge on any atom is 0.151 e. The fourth-order valence-corrected chi connectivity index (χ4v) is 2.71. The number of alkyl halides is 1. The minimum Gasteiger partial charge on any atom is -0.326 e. The van der Waals surface area contributed by atoms with Crippen LogP contribution in [0.15, 0.2) is 30.5 Å². The van der Waals surface area contributed by atoms with Gasteiger partial charge in [0.05, 0.1) is 10.9 Å². The van der Waals surface area contributed by atoms with Crippen LogP contribution in [0.25, 0.3) is 11.0 Å². The van der Waals surface area contributed by atoms with Gasteiger partial charge in [0.25, 0.3) is 0 Å². The number of fused-ring (bicyclic) bond motifs is 1. The number of hydrogen-bond acceptors (Lipinski definition) is 2. The van der Waals surface area contributed by atoms with Crippen LogP contribution < -0.4 is 0 Å². The molecule has 3 rings (SSSR count). The summed E-state index contributed by atoms with van der Waals surface area (Å²) < 4.78 is 17.7. The van der Waals surface area contributed by atoms with Crippen LogP contribution in [0, 0.1) is 5.82 Å². The van der Waals surface area contributed by atoms with E-state index in [4.69, 9.17) is 11.6 Å². The van der Waals surface area contributed by atoms with E-state index >= 15 is 0 Å². The van der Waals surface area contributed by atoms with Crippen LogP contribution in [0.3, 0.4) is 0 Å². The predicted octanol–water partition coefficient (Wildman–Crippen LogP) is 3.45. The number of rotatable bonds is 4. The standard InChI is InChI=1S/C15H16ClFN4/c1-10(16)15-19-14-12(17)4-3-5-13(14)21(15)9-7-11-6-8-18-20(11)2/h3-6,8,10H,7,9H2,1-2H3. The lowest BCUT2D eigenvalue weighted by Crippen LogP contribution is -2.09. The maximum atomic E-state index is 13.9. The minimum atomic E-state index is -0.314. The Balaban J connectivity index is 2.01. The van der Waals surface area contributed by atoms with Crippen LogP contribution in [0.5, 0.6) is 0 Å². The SMILES string of the molecule is CC(Cl)c1nc2c(F)cccc2n1CCc1ccnn1C. The summed E-state index contributed by atoms with van der Waals surface area (Å²) in [5.74, 6) is 0.379. The first kappa shape index (κ1) is 14.1. The molecular weight excluding hydrogens is 291 g/mol. The van der Waals surface area contributed by atoms with Crippen LogP contribution in [0.2, 0.25) is 0 Å². The van der Waals surface area contributed by atoms with Gasteiger partial charge in [-0.15, -0.1) is 11.6 Å². The van der Waals surface area contributed by atoms with Crippen LogP contribution >= 0.6 is 11.6 Å². The third kappa shape index (κ3) is 2.53. The molecule has 0 aliphatic carbocycles. The summed E-state index contributed by atoms with van der Waals surface area (Å²) in [7, 11) is 1.91. The van der Waals surface area contributed by atoms with E-state index in [0.29, 0.717) is 17.9 Å². The quantitative estimate of drug-likeness (QED) is 0.692. The van der Waals surface area contributed by atoms with Crippen molar-refractivity contribution < 1.29 is 4.39 Å². The summed E-state index contributed by atoms with van der Waals surface area (Å²) >= 11 is 6.20. The van der Waals surface area contributed by atoms with E-state index in [1.54, 1.807) is 12.3 Å². The van der Waals surface area contributed by atoms with Gasteiger partial charge in [-0.1, -0.05) is 6.07 Å². The molecule has 1 aromatic carbocycles. The van der Waals surface area contributed by atoms with E-state index in [9.17, 15) is 4.39 Å². The number of imidazole rings is 1. The monoisotopic (exact) mass is 306 g/mol. The highest BCUT2D eigenvalue weighted by Gasteiger charge is 2.17. The van der Waals surface area contributed by atoms with Crippen molar-refractivity contribution in [2.75, 3.05) is 0 Å². The molecule has 0 aliphatic rings. The fourth-order valence-electron chi connectivity index (χ4n) is 2.54. The molecule has 0 spiro atoms. The van der Waals surface area contributed by atoms with Crippen LogP contribution in [-0.2, 0) is 20.0 Å². The fraction of sp³-hybridized carbons (Fsp3) is 0.333. The van der Waals surface area contributed by atoms with Crippen molar-refractivity contribution in [2.45, 2.75) is 25.3 Å². The van der Waals surface area contributed by atoms with Gasteiger partial charge >= 0.3 is 0 Å². The first-order chi connectivity index (χ1) is 10.1. The van der Waals surface area contributed by atoms with Crippen molar-refractivity contribution in [3.05, 3.63) is 47.8 Å². The zero-order valence-electron chi connectivity index (χ0n) is 11.9. The average molecular weight is 307 g/mol. The van der Waals surface area contributed by atoms with Crippen molar-refractivity contribution in [2.24, 2.45) is 7.05 Å². The zero-order chi connectivity index (χ0) is 15.0. The average Bonchev–Trinajstić information content (AvgIpc) is 3.01. The normalized spacial score (nSPS) is 13.0. The van der Waals surface area contributed by atoms with E-state index in [0.717, 1.165) is 17.6 Å². The number of nitrogens with zero attached hydrogens (tertiary/aromatic N) is 4. The Morgan fingerprint density at radius 1 is 1.33 bits per heavy atom. The predicted molar refractivity (Wildman–Crippen MR) is 80.9 cm³/mol. The summed E-state index contributed by atoms with van der Waals surface area (Å²) in [5, 5.41) is 3.88. The van der Waals surface area contributed by atoms with Gasteiger partial charge in [0.1, 0.15) is 11.3 Å². The number of halogens is 2. The molecule has 21 heavy (non-hydrogen) atoms. The Bertz CT molecular complexity index is 775. The molecule has 2 aromatic heterocycles. The van der Waals surface area contributed by atoms with Crippen molar-refractivity contribution in [1.29, 1.82) is 0 Å². The summed E-state index contributed by atoms with van der Waals surface area (Å²) in [5.41, 5.74) is 2.27. The summed E-state index contributed by atoms with van der Waals surface area (Å²) in [6.45, 7) is 2.53. The maximum absolute atomic E-state index is 13.9. The molecule has 0 aliphatic heterocycles. The summed E-state index contributed by atoms with van der Waals surface area (Å²) in [6.07, 6.45) is 2.56. The van der Waals surface area contributed by atoms with Gasteiger partial charge in [-0.05, 0) is 25.1 Å². The minimum absolute atomic E-state index is 0.275. The van der Waals surface area contributed by atoms with Crippen molar-refractivity contribution >= 4 is 22.6 Å². The summed E-state index contributed by atoms with van der Waals surface area (Å²) in [6, 6.07) is 6.97. The Morgan fingerprint density at radius 3 is 2.81 bits per heavy atom. The van der Waals surface area contributed by atoms with Gasteiger partial charge in [-0.2, -0.15) is 5.10 Å². The molecule has 0 N–H and O–H groups in total. The van der Waals surface area contributed by atoms with E-state index in [2.05, 4.69) is 10.1 Å². The molecule has 4 nitrogen and oxygen atoms in total. The molecule has 0 amide bonds. The molecule has 1 atom stereocenters. The molecule has 0 saturated heterocycles. The second-order valence-corrected chi connectivity index (χ2v) is 5.70. The smallest absolute Gasteiger partial charge is 0.151 e. The Kier molecular flexibility index (Phi) is 3.68. The van der Waals surface area contributed by atoms with Crippen LogP contribution in [0.4, 0.5) is 4.39 Å². The van der Waals surface area contributed by atoms with E-state index in [-0.39, 0.29) is 11.2 Å². The number of benzene rings is 1. The number of aryl methyl sites for hydroxylation is 3. The molecular formula is C15H16ClFN4.